The number of hydrogen-bond donors (Lipinski definition) is 6. The third-order valence-electron chi connectivity index (χ3n) is 13.2. The first-order valence-electron chi connectivity index (χ1n) is 24.1. The Morgan fingerprint density at radius 3 is 2.00 bits per heavy atom. The van der Waals surface area contributed by atoms with Gasteiger partial charge in [0.25, 0.3) is 5.91 Å². The summed E-state index contributed by atoms with van der Waals surface area (Å²) in [6, 6.07) is -1.17. The van der Waals surface area contributed by atoms with E-state index < -0.39 is 164 Å². The maximum absolute atomic E-state index is 14.0. The molecule has 3 saturated heterocycles. The second kappa shape index (κ2) is 26.2. The molecular weight excluding hydrogens is 931 g/mol. The fraction of sp³-hybridized carbons (Fsp3) is 0.826. The Bertz CT molecular complexity index is 1830. The average molecular weight is 1000 g/mol. The maximum Gasteiger partial charge on any atom is 0.335 e. The zero-order chi connectivity index (χ0) is 51.4. The lowest BCUT2D eigenvalue weighted by molar-refractivity contribution is -0.344. The summed E-state index contributed by atoms with van der Waals surface area (Å²) >= 11 is 0. The molecule has 3 heterocycles. The van der Waals surface area contributed by atoms with E-state index in [9.17, 15) is 48.6 Å². The predicted molar refractivity (Wildman–Crippen MR) is 235 cm³/mol. The van der Waals surface area contributed by atoms with Gasteiger partial charge in [0, 0.05) is 53.6 Å². The van der Waals surface area contributed by atoms with Crippen molar-refractivity contribution >= 4 is 47.6 Å². The number of ether oxygens (including phenoxy) is 10. The molecule has 0 aromatic carbocycles. The first-order valence-corrected chi connectivity index (χ1v) is 24.1. The zero-order valence-electron chi connectivity index (χ0n) is 40.8. The summed E-state index contributed by atoms with van der Waals surface area (Å²) in [7, 11) is 0. The fourth-order valence-corrected chi connectivity index (χ4v) is 9.94. The van der Waals surface area contributed by atoms with E-state index in [1.165, 1.54) is 13.8 Å². The molecule has 0 bridgehead atoms. The van der Waals surface area contributed by atoms with E-state index in [2.05, 4.69) is 16.0 Å². The number of carbonyl (C=O) groups excluding carboxylic acids is 8. The van der Waals surface area contributed by atoms with Crippen molar-refractivity contribution in [2.75, 3.05) is 26.3 Å². The summed E-state index contributed by atoms with van der Waals surface area (Å²) in [6.45, 7) is 7.68. The van der Waals surface area contributed by atoms with Gasteiger partial charge in [0.05, 0.1) is 24.9 Å². The topological polar surface area (TPSA) is 326 Å². The van der Waals surface area contributed by atoms with E-state index in [4.69, 9.17) is 52.5 Å². The summed E-state index contributed by atoms with van der Waals surface area (Å²) in [4.78, 5) is 102. The van der Waals surface area contributed by atoms with E-state index in [1.54, 1.807) is 6.92 Å². The van der Waals surface area contributed by atoms with Crippen LogP contribution >= 0.6 is 0 Å². The Labute approximate surface area is 406 Å². The number of nitrogens with one attached hydrogen (secondary N) is 3. The SMILES string of the molecule is CCC1CC(C(=O)NCCNC(=O)[C@@H](O)[C@H](O)CO)C[C@@H](O[C@@H]2OC(COC(C)=O)[C@@H]3OC(=O)[C@@H](CC4CCCCC4)OC3C2NC(C)=O)C1O[C@@H]1OC(C)[C@@H](OC(C)=O)C(OC(C)=O)C1OC(C)=O. The van der Waals surface area contributed by atoms with E-state index in [1.807, 2.05) is 6.92 Å². The van der Waals surface area contributed by atoms with Crippen molar-refractivity contribution < 1.29 is 101 Å². The van der Waals surface area contributed by atoms with Gasteiger partial charge in [0.2, 0.25) is 11.8 Å². The molecular formula is C46H71N3O21. The molecule has 17 atom stereocenters. The molecule has 9 unspecified atom stereocenters. The number of rotatable bonds is 20. The first-order chi connectivity index (χ1) is 33.2. The van der Waals surface area contributed by atoms with Gasteiger partial charge >= 0.3 is 29.8 Å². The maximum atomic E-state index is 14.0. The van der Waals surface area contributed by atoms with Crippen LogP contribution in [-0.4, -0.2) is 181 Å². The summed E-state index contributed by atoms with van der Waals surface area (Å²) in [5, 5.41) is 36.7. The standard InChI is InChI=1S/C46H71N3O21/c1-8-28-17-29(42(58)47-14-15-48-43(59)35(57)30(56)19-50)18-31(37(28)70-46-41(65-26(7)55)40(64-25(6)54)36(21(2)62-46)63-24(5)53)67-45-34(49-22(3)51)39-38(33(68-45)20-61-23(4)52)69-44(60)32(66-39)16-27-12-10-9-11-13-27/h21,27-41,45-46,50,56-57H,8-20H2,1-7H3,(H,47,58)(H,48,59)(H,49,51)/t21?,28?,29?,30-,31-,32-,33?,34?,35+,36-,37?,38+,39?,40?,41?,45-,46+/m1/s1. The molecule has 6 N–H and O–H groups in total. The van der Waals surface area contributed by atoms with Gasteiger partial charge in [-0.15, -0.1) is 0 Å². The van der Waals surface area contributed by atoms with Crippen molar-refractivity contribution in [3.8, 4) is 0 Å². The van der Waals surface area contributed by atoms with Gasteiger partial charge in [0.1, 0.15) is 31.0 Å². The van der Waals surface area contributed by atoms with Crippen LogP contribution in [0.25, 0.3) is 0 Å². The number of amides is 3. The van der Waals surface area contributed by atoms with Crippen LogP contribution in [0.15, 0.2) is 0 Å². The molecule has 3 aliphatic heterocycles. The number of fused-ring (bicyclic) bond motifs is 1. The van der Waals surface area contributed by atoms with Crippen LogP contribution in [0.3, 0.4) is 0 Å². The number of aliphatic hydroxyl groups is 3. The molecule has 396 valence electrons. The Morgan fingerprint density at radius 2 is 1.39 bits per heavy atom. The van der Waals surface area contributed by atoms with Crippen LogP contribution in [0.2, 0.25) is 0 Å². The summed E-state index contributed by atoms with van der Waals surface area (Å²) in [5.74, 6) is -6.79. The Morgan fingerprint density at radius 1 is 0.743 bits per heavy atom. The number of hydrogen-bond acceptors (Lipinski definition) is 21. The van der Waals surface area contributed by atoms with Gasteiger partial charge in [-0.3, -0.25) is 33.6 Å². The van der Waals surface area contributed by atoms with E-state index >= 15 is 0 Å². The molecule has 2 saturated carbocycles. The van der Waals surface area contributed by atoms with Gasteiger partial charge in [-0.25, -0.2) is 4.79 Å². The molecule has 0 radical (unpaired) electrons. The normalized spacial score (nSPS) is 34.3. The largest absolute Gasteiger partial charge is 0.463 e. The lowest BCUT2D eigenvalue weighted by Gasteiger charge is -2.51. The smallest absolute Gasteiger partial charge is 0.335 e. The van der Waals surface area contributed by atoms with Crippen LogP contribution in [0.5, 0.6) is 0 Å². The molecule has 5 fully saturated rings. The Hall–Kier alpha value is -4.56. The molecule has 5 rings (SSSR count). The van der Waals surface area contributed by atoms with Crippen molar-refractivity contribution in [2.24, 2.45) is 17.8 Å². The summed E-state index contributed by atoms with van der Waals surface area (Å²) < 4.78 is 61.2. The molecule has 0 aromatic rings. The quantitative estimate of drug-likeness (QED) is 0.0490. The number of aliphatic hydroxyl groups excluding tert-OH is 3. The van der Waals surface area contributed by atoms with Crippen molar-refractivity contribution in [3.63, 3.8) is 0 Å². The minimum absolute atomic E-state index is 0.0970. The molecule has 3 amide bonds. The van der Waals surface area contributed by atoms with Crippen molar-refractivity contribution in [2.45, 2.75) is 198 Å². The zero-order valence-corrected chi connectivity index (χ0v) is 40.8. The number of carbonyl (C=O) groups is 8. The average Bonchev–Trinajstić information content (AvgIpc) is 3.30. The highest BCUT2D eigenvalue weighted by atomic mass is 16.8. The lowest BCUT2D eigenvalue weighted by Crippen LogP contribution is -2.70. The van der Waals surface area contributed by atoms with Crippen LogP contribution in [0, 0.1) is 17.8 Å². The van der Waals surface area contributed by atoms with E-state index in [-0.39, 0.29) is 31.8 Å². The number of esters is 5. The molecule has 5 aliphatic rings. The molecule has 0 spiro atoms. The molecule has 24 nitrogen and oxygen atoms in total. The van der Waals surface area contributed by atoms with E-state index in [0.29, 0.717) is 12.8 Å². The molecule has 24 heteroatoms. The van der Waals surface area contributed by atoms with Gasteiger partial charge in [-0.05, 0) is 38.0 Å². The van der Waals surface area contributed by atoms with Crippen LogP contribution in [-0.2, 0) is 85.7 Å². The second-order valence-electron chi connectivity index (χ2n) is 18.6. The lowest BCUT2D eigenvalue weighted by atomic mass is 9.75. The molecule has 0 aromatic heterocycles. The predicted octanol–water partition coefficient (Wildman–Crippen LogP) is -0.878. The van der Waals surface area contributed by atoms with Crippen molar-refractivity contribution in [1.82, 2.24) is 16.0 Å². The highest BCUT2D eigenvalue weighted by molar-refractivity contribution is 5.81. The van der Waals surface area contributed by atoms with Crippen molar-refractivity contribution in [1.29, 1.82) is 0 Å². The molecule has 2 aliphatic carbocycles. The first kappa shape index (κ1) is 56.4. The van der Waals surface area contributed by atoms with Gasteiger partial charge in [-0.1, -0.05) is 45.4 Å². The fourth-order valence-electron chi connectivity index (χ4n) is 9.94. The Balaban J connectivity index is 1.51. The van der Waals surface area contributed by atoms with Crippen molar-refractivity contribution in [3.05, 3.63) is 0 Å². The van der Waals surface area contributed by atoms with Gasteiger partial charge in [-0.2, -0.15) is 0 Å². The van der Waals surface area contributed by atoms with Gasteiger partial charge in [0.15, 0.2) is 49.2 Å². The third-order valence-corrected chi connectivity index (χ3v) is 13.2. The summed E-state index contributed by atoms with van der Waals surface area (Å²) in [5.41, 5.74) is 0. The van der Waals surface area contributed by atoms with Crippen LogP contribution in [0.1, 0.15) is 106 Å². The monoisotopic (exact) mass is 1000 g/mol. The Kier molecular flexibility index (Phi) is 21.1. The molecule has 70 heavy (non-hydrogen) atoms. The minimum atomic E-state index is -1.91. The minimum Gasteiger partial charge on any atom is -0.463 e. The highest BCUT2D eigenvalue weighted by Crippen LogP contribution is 2.42. The van der Waals surface area contributed by atoms with Crippen LogP contribution in [0.4, 0.5) is 0 Å². The highest BCUT2D eigenvalue weighted by Gasteiger charge is 2.57. The van der Waals surface area contributed by atoms with Gasteiger partial charge < -0.3 is 78.6 Å². The third kappa shape index (κ3) is 15.2. The second-order valence-corrected chi connectivity index (χ2v) is 18.6. The van der Waals surface area contributed by atoms with Crippen LogP contribution < -0.4 is 16.0 Å². The summed E-state index contributed by atoms with van der Waals surface area (Å²) in [6.07, 6.45) is -12.7. The van der Waals surface area contributed by atoms with E-state index in [0.717, 1.165) is 52.9 Å².